The van der Waals surface area contributed by atoms with Crippen molar-refractivity contribution in [2.45, 2.75) is 24.3 Å². The lowest BCUT2D eigenvalue weighted by Crippen LogP contribution is -2.55. The fourth-order valence-electron chi connectivity index (χ4n) is 1.26. The Morgan fingerprint density at radius 3 is 2.69 bits per heavy atom. The summed E-state index contributed by atoms with van der Waals surface area (Å²) in [6, 6.07) is 3.83. The number of primary amides is 1. The number of aromatic nitrogens is 1. The molecule has 0 aliphatic carbocycles. The molecule has 1 aromatic heterocycles. The molecule has 3 N–H and O–H groups in total. The first-order valence-electron chi connectivity index (χ1n) is 5.16. The van der Waals surface area contributed by atoms with Crippen molar-refractivity contribution in [3.05, 3.63) is 24.5 Å². The molecule has 4 nitrogen and oxygen atoms in total. The summed E-state index contributed by atoms with van der Waals surface area (Å²) >= 11 is 1.59. The summed E-state index contributed by atoms with van der Waals surface area (Å²) in [5, 5.41) is 3.12. The first-order chi connectivity index (χ1) is 7.58. The largest absolute Gasteiger partial charge is 0.368 e. The minimum Gasteiger partial charge on any atom is -0.368 e. The van der Waals surface area contributed by atoms with Gasteiger partial charge in [0.05, 0.1) is 0 Å². The molecule has 0 spiro atoms. The molecule has 5 heteroatoms. The van der Waals surface area contributed by atoms with Crippen LogP contribution in [-0.2, 0) is 4.79 Å². The van der Waals surface area contributed by atoms with E-state index in [0.717, 1.165) is 11.4 Å². The van der Waals surface area contributed by atoms with Gasteiger partial charge in [0, 0.05) is 23.0 Å². The molecule has 88 valence electrons. The summed E-state index contributed by atoms with van der Waals surface area (Å²) in [5.74, 6) is 0.288. The van der Waals surface area contributed by atoms with Gasteiger partial charge in [0.2, 0.25) is 5.91 Å². The summed E-state index contributed by atoms with van der Waals surface area (Å²) in [5.41, 5.74) is 4.73. The van der Waals surface area contributed by atoms with Gasteiger partial charge in [-0.05, 0) is 25.6 Å². The highest BCUT2D eigenvalue weighted by Gasteiger charge is 2.29. The molecule has 1 atom stereocenters. The Labute approximate surface area is 100 Å². The number of nitrogens with one attached hydrogen (secondary N) is 1. The van der Waals surface area contributed by atoms with Crippen LogP contribution in [0.5, 0.6) is 0 Å². The number of rotatable bonds is 6. The quantitative estimate of drug-likeness (QED) is 0.727. The average Bonchev–Trinajstić information content (AvgIpc) is 2.28. The van der Waals surface area contributed by atoms with E-state index in [1.807, 2.05) is 26.0 Å². The molecular weight excluding hydrogens is 222 g/mol. The third kappa shape index (κ3) is 3.50. The van der Waals surface area contributed by atoms with Crippen LogP contribution in [0.3, 0.4) is 0 Å². The smallest absolute Gasteiger partial charge is 0.238 e. The van der Waals surface area contributed by atoms with E-state index in [4.69, 9.17) is 5.73 Å². The van der Waals surface area contributed by atoms with Crippen LogP contribution in [0.25, 0.3) is 0 Å². The van der Waals surface area contributed by atoms with Crippen molar-refractivity contribution in [2.75, 3.05) is 12.3 Å². The maximum atomic E-state index is 11.4. The van der Waals surface area contributed by atoms with E-state index in [2.05, 4.69) is 10.3 Å². The normalized spacial score (nSPS) is 14.4. The van der Waals surface area contributed by atoms with Gasteiger partial charge in [0.15, 0.2) is 0 Å². The summed E-state index contributed by atoms with van der Waals surface area (Å²) in [7, 11) is 0. The molecule has 1 amide bonds. The minimum atomic E-state index is -0.664. The molecule has 0 saturated carbocycles. The Balaban J connectivity index is 2.60. The zero-order chi connectivity index (χ0) is 12.0. The monoisotopic (exact) mass is 239 g/mol. The predicted molar refractivity (Wildman–Crippen MR) is 66.2 cm³/mol. The van der Waals surface area contributed by atoms with Gasteiger partial charge >= 0.3 is 0 Å². The second kappa shape index (κ2) is 5.86. The number of nitrogens with zero attached hydrogens (tertiary/aromatic N) is 1. The topological polar surface area (TPSA) is 68.0 Å². The molecule has 0 saturated heterocycles. The number of pyridine rings is 1. The van der Waals surface area contributed by atoms with Crippen LogP contribution >= 0.6 is 11.8 Å². The number of nitrogens with two attached hydrogens (primary N) is 1. The fourth-order valence-corrected chi connectivity index (χ4v) is 2.28. The predicted octanol–water partition coefficient (Wildman–Crippen LogP) is 1.03. The zero-order valence-corrected chi connectivity index (χ0v) is 10.4. The summed E-state index contributed by atoms with van der Waals surface area (Å²) in [6.45, 7) is 4.50. The maximum absolute atomic E-state index is 11.4. The summed E-state index contributed by atoms with van der Waals surface area (Å²) in [6.07, 6.45) is 3.47. The Kier molecular flexibility index (Phi) is 4.76. The Hall–Kier alpha value is -1.07. The molecule has 16 heavy (non-hydrogen) atoms. The van der Waals surface area contributed by atoms with Crippen molar-refractivity contribution in [3.63, 3.8) is 0 Å². The number of hydrogen-bond acceptors (Lipinski definition) is 4. The summed E-state index contributed by atoms with van der Waals surface area (Å²) < 4.78 is 0. The second-order valence-corrected chi connectivity index (χ2v) is 4.75. The first kappa shape index (κ1) is 13.0. The van der Waals surface area contributed by atoms with Crippen molar-refractivity contribution in [3.8, 4) is 0 Å². The number of thioether (sulfide) groups is 1. The van der Waals surface area contributed by atoms with Gasteiger partial charge in [-0.15, -0.1) is 11.8 Å². The van der Waals surface area contributed by atoms with Gasteiger partial charge in [0.1, 0.15) is 5.54 Å². The van der Waals surface area contributed by atoms with E-state index in [1.54, 1.807) is 24.2 Å². The van der Waals surface area contributed by atoms with Crippen molar-refractivity contribution >= 4 is 17.7 Å². The standard InChI is InChI=1S/C11H17N3OS/c1-3-14-11(2,10(12)15)8-16-9-4-6-13-7-5-9/h4-7,14H,3,8H2,1-2H3,(H2,12,15). The second-order valence-electron chi connectivity index (χ2n) is 3.70. The van der Waals surface area contributed by atoms with Gasteiger partial charge < -0.3 is 11.1 Å². The molecule has 0 aliphatic heterocycles. The van der Waals surface area contributed by atoms with Crippen LogP contribution < -0.4 is 11.1 Å². The Morgan fingerprint density at radius 1 is 1.56 bits per heavy atom. The highest BCUT2D eigenvalue weighted by molar-refractivity contribution is 7.99. The van der Waals surface area contributed by atoms with E-state index >= 15 is 0 Å². The number of carbonyl (C=O) groups excluding carboxylic acids is 1. The van der Waals surface area contributed by atoms with Crippen LogP contribution in [0.2, 0.25) is 0 Å². The van der Waals surface area contributed by atoms with Gasteiger partial charge in [0.25, 0.3) is 0 Å². The Bertz CT molecular complexity index is 344. The number of likely N-dealkylation sites (N-methyl/N-ethyl adjacent to an activating group) is 1. The van der Waals surface area contributed by atoms with Gasteiger partial charge in [-0.2, -0.15) is 0 Å². The third-order valence-corrected chi connectivity index (χ3v) is 3.62. The van der Waals surface area contributed by atoms with E-state index in [-0.39, 0.29) is 5.91 Å². The van der Waals surface area contributed by atoms with Crippen LogP contribution in [0.4, 0.5) is 0 Å². The zero-order valence-electron chi connectivity index (χ0n) is 9.56. The van der Waals surface area contributed by atoms with Crippen molar-refractivity contribution in [1.29, 1.82) is 0 Å². The Morgan fingerprint density at radius 2 is 2.19 bits per heavy atom. The van der Waals surface area contributed by atoms with Crippen LogP contribution in [0, 0.1) is 0 Å². The lowest BCUT2D eigenvalue weighted by molar-refractivity contribution is -0.122. The fraction of sp³-hybridized carbons (Fsp3) is 0.455. The van der Waals surface area contributed by atoms with Crippen LogP contribution in [0.15, 0.2) is 29.4 Å². The molecule has 1 unspecified atom stereocenters. The molecule has 0 aromatic carbocycles. The number of carbonyl (C=O) groups is 1. The lowest BCUT2D eigenvalue weighted by Gasteiger charge is -2.26. The van der Waals surface area contributed by atoms with Gasteiger partial charge in [-0.1, -0.05) is 6.92 Å². The molecule has 0 aliphatic rings. The maximum Gasteiger partial charge on any atom is 0.238 e. The van der Waals surface area contributed by atoms with Crippen LogP contribution in [-0.4, -0.2) is 28.7 Å². The molecule has 1 heterocycles. The van der Waals surface area contributed by atoms with Crippen molar-refractivity contribution in [2.24, 2.45) is 5.73 Å². The highest BCUT2D eigenvalue weighted by Crippen LogP contribution is 2.21. The summed E-state index contributed by atoms with van der Waals surface area (Å²) in [4.78, 5) is 16.4. The van der Waals surface area contributed by atoms with Crippen molar-refractivity contribution in [1.82, 2.24) is 10.3 Å². The number of hydrogen-bond donors (Lipinski definition) is 2. The lowest BCUT2D eigenvalue weighted by atomic mass is 10.1. The van der Waals surface area contributed by atoms with Crippen LogP contribution in [0.1, 0.15) is 13.8 Å². The minimum absolute atomic E-state index is 0.323. The van der Waals surface area contributed by atoms with Crippen molar-refractivity contribution < 1.29 is 4.79 Å². The molecule has 0 fully saturated rings. The molecule has 1 rings (SSSR count). The third-order valence-electron chi connectivity index (χ3n) is 2.29. The SMILES string of the molecule is CCNC(C)(CSc1ccncc1)C(N)=O. The van der Waals surface area contributed by atoms with E-state index < -0.39 is 5.54 Å². The molecule has 0 bridgehead atoms. The number of amides is 1. The first-order valence-corrected chi connectivity index (χ1v) is 6.15. The van der Waals surface area contributed by atoms with E-state index in [0.29, 0.717) is 5.75 Å². The van der Waals surface area contributed by atoms with Gasteiger partial charge in [-0.3, -0.25) is 9.78 Å². The van der Waals surface area contributed by atoms with E-state index in [9.17, 15) is 4.79 Å². The molecule has 1 aromatic rings. The highest BCUT2D eigenvalue weighted by atomic mass is 32.2. The average molecular weight is 239 g/mol. The molecular formula is C11H17N3OS. The molecule has 0 radical (unpaired) electrons. The van der Waals surface area contributed by atoms with E-state index in [1.165, 1.54) is 0 Å². The van der Waals surface area contributed by atoms with Gasteiger partial charge in [-0.25, -0.2) is 0 Å².